The fraction of sp³-hybridized carbons (Fsp3) is 0.103. The van der Waals surface area contributed by atoms with Crippen molar-refractivity contribution in [2.75, 3.05) is 11.9 Å². The zero-order valence-electron chi connectivity index (χ0n) is 20.6. The number of thiocarbonyl (C=S) groups is 1. The summed E-state index contributed by atoms with van der Waals surface area (Å²) in [6.45, 7) is 2.97. The SMILES string of the molecule is CCOc1ccc(-n2nc3ccc(NC(=S)NC(=O)c4cccc(OCc5ccccc5)c4)cc3n2)cc1. The zero-order chi connectivity index (χ0) is 26.3. The maximum absolute atomic E-state index is 12.8. The molecule has 5 aromatic rings. The van der Waals surface area contributed by atoms with Gasteiger partial charge in [-0.15, -0.1) is 10.2 Å². The van der Waals surface area contributed by atoms with E-state index in [1.165, 1.54) is 0 Å². The van der Waals surface area contributed by atoms with Gasteiger partial charge < -0.3 is 14.8 Å². The van der Waals surface area contributed by atoms with Crippen LogP contribution in [0.15, 0.2) is 97.1 Å². The lowest BCUT2D eigenvalue weighted by molar-refractivity contribution is 0.0977. The lowest BCUT2D eigenvalue weighted by Gasteiger charge is -2.11. The van der Waals surface area contributed by atoms with E-state index >= 15 is 0 Å². The fourth-order valence-electron chi connectivity index (χ4n) is 3.76. The number of rotatable bonds is 8. The summed E-state index contributed by atoms with van der Waals surface area (Å²) in [5, 5.41) is 15.0. The summed E-state index contributed by atoms with van der Waals surface area (Å²) in [6.07, 6.45) is 0. The van der Waals surface area contributed by atoms with Gasteiger partial charge in [-0.1, -0.05) is 36.4 Å². The standard InChI is InChI=1S/C29H25N5O3S/c1-2-36-24-14-12-23(13-15-24)34-32-26-16-11-22(18-27(26)33-34)30-29(38)31-28(35)21-9-6-10-25(17-21)37-19-20-7-4-3-5-8-20/h3-18H,2,19H2,1H3,(H2,30,31,35,38). The average molecular weight is 524 g/mol. The van der Waals surface area contributed by atoms with Crippen LogP contribution in [0, 0.1) is 0 Å². The number of anilines is 1. The molecule has 38 heavy (non-hydrogen) atoms. The molecule has 9 heteroatoms. The van der Waals surface area contributed by atoms with Crippen molar-refractivity contribution in [1.29, 1.82) is 0 Å². The van der Waals surface area contributed by atoms with Crippen LogP contribution in [0.4, 0.5) is 5.69 Å². The molecule has 0 atom stereocenters. The molecule has 0 radical (unpaired) electrons. The second-order valence-electron chi connectivity index (χ2n) is 8.33. The second kappa shape index (κ2) is 11.5. The lowest BCUT2D eigenvalue weighted by atomic mass is 10.2. The van der Waals surface area contributed by atoms with Crippen LogP contribution in [0.3, 0.4) is 0 Å². The van der Waals surface area contributed by atoms with E-state index in [-0.39, 0.29) is 11.0 Å². The van der Waals surface area contributed by atoms with E-state index < -0.39 is 0 Å². The van der Waals surface area contributed by atoms with Gasteiger partial charge in [0, 0.05) is 11.3 Å². The minimum atomic E-state index is -0.338. The molecule has 2 N–H and O–H groups in total. The molecule has 5 rings (SSSR count). The molecular weight excluding hydrogens is 498 g/mol. The van der Waals surface area contributed by atoms with Crippen molar-refractivity contribution in [3.8, 4) is 17.2 Å². The number of hydrogen-bond acceptors (Lipinski definition) is 6. The van der Waals surface area contributed by atoms with Gasteiger partial charge in [0.2, 0.25) is 0 Å². The number of ether oxygens (including phenoxy) is 2. The molecule has 1 aromatic heterocycles. The third-order valence-electron chi connectivity index (χ3n) is 5.59. The monoisotopic (exact) mass is 523 g/mol. The number of amides is 1. The van der Waals surface area contributed by atoms with Gasteiger partial charge in [0.05, 0.1) is 12.3 Å². The number of benzene rings is 4. The molecule has 0 aliphatic heterocycles. The molecule has 1 amide bonds. The topological polar surface area (TPSA) is 90.3 Å². The van der Waals surface area contributed by atoms with Crippen LogP contribution >= 0.6 is 12.2 Å². The first-order valence-corrected chi connectivity index (χ1v) is 12.5. The Bertz CT molecular complexity index is 1570. The summed E-state index contributed by atoms with van der Waals surface area (Å²) in [5.74, 6) is 1.05. The Kier molecular flexibility index (Phi) is 7.56. The first-order valence-electron chi connectivity index (χ1n) is 12.1. The molecule has 0 bridgehead atoms. The normalized spacial score (nSPS) is 10.7. The number of carbonyl (C=O) groups excluding carboxylic acids is 1. The van der Waals surface area contributed by atoms with Gasteiger partial charge in [0.15, 0.2) is 5.11 Å². The molecular formula is C29H25N5O3S. The van der Waals surface area contributed by atoms with E-state index in [4.69, 9.17) is 21.7 Å². The van der Waals surface area contributed by atoms with Gasteiger partial charge in [-0.2, -0.15) is 4.80 Å². The van der Waals surface area contributed by atoms with Crippen molar-refractivity contribution >= 4 is 40.0 Å². The smallest absolute Gasteiger partial charge is 0.257 e. The highest BCUT2D eigenvalue weighted by Crippen LogP contribution is 2.20. The zero-order valence-corrected chi connectivity index (χ0v) is 21.4. The minimum absolute atomic E-state index is 0.170. The first kappa shape index (κ1) is 24.9. The summed E-state index contributed by atoms with van der Waals surface area (Å²) in [4.78, 5) is 14.3. The molecule has 8 nitrogen and oxygen atoms in total. The number of hydrogen-bond donors (Lipinski definition) is 2. The molecule has 4 aromatic carbocycles. The van der Waals surface area contributed by atoms with Crippen molar-refractivity contribution in [1.82, 2.24) is 20.3 Å². The van der Waals surface area contributed by atoms with Crippen molar-refractivity contribution < 1.29 is 14.3 Å². The maximum Gasteiger partial charge on any atom is 0.257 e. The van der Waals surface area contributed by atoms with Crippen molar-refractivity contribution in [3.05, 3.63) is 108 Å². The van der Waals surface area contributed by atoms with Gasteiger partial charge in [0.25, 0.3) is 5.91 Å². The number of fused-ring (bicyclic) bond motifs is 1. The van der Waals surface area contributed by atoms with E-state index in [0.29, 0.717) is 35.7 Å². The van der Waals surface area contributed by atoms with E-state index in [0.717, 1.165) is 22.5 Å². The van der Waals surface area contributed by atoms with Crippen LogP contribution in [0.2, 0.25) is 0 Å². The molecule has 0 saturated heterocycles. The molecule has 0 fully saturated rings. The summed E-state index contributed by atoms with van der Waals surface area (Å²) in [7, 11) is 0. The Labute approximate surface area is 225 Å². The predicted molar refractivity (Wildman–Crippen MR) is 151 cm³/mol. The van der Waals surface area contributed by atoms with Crippen LogP contribution < -0.4 is 20.1 Å². The van der Waals surface area contributed by atoms with Gasteiger partial charge in [-0.05, 0) is 85.4 Å². The third-order valence-corrected chi connectivity index (χ3v) is 5.79. The Morgan fingerprint density at radius 1 is 0.842 bits per heavy atom. The average Bonchev–Trinajstić information content (AvgIpc) is 3.37. The molecule has 0 unspecified atom stereocenters. The van der Waals surface area contributed by atoms with E-state index in [2.05, 4.69) is 20.8 Å². The third kappa shape index (κ3) is 6.13. The highest BCUT2D eigenvalue weighted by molar-refractivity contribution is 7.80. The molecule has 0 aliphatic rings. The quantitative estimate of drug-likeness (QED) is 0.259. The van der Waals surface area contributed by atoms with Crippen LogP contribution in [0.1, 0.15) is 22.8 Å². The number of nitrogens with one attached hydrogen (secondary N) is 2. The highest BCUT2D eigenvalue weighted by Gasteiger charge is 2.11. The molecule has 0 aliphatic carbocycles. The van der Waals surface area contributed by atoms with E-state index in [9.17, 15) is 4.79 Å². The minimum Gasteiger partial charge on any atom is -0.494 e. The Morgan fingerprint density at radius 3 is 2.42 bits per heavy atom. The molecule has 1 heterocycles. The summed E-state index contributed by atoms with van der Waals surface area (Å²) in [5.41, 5.74) is 4.39. The van der Waals surface area contributed by atoms with Gasteiger partial charge >= 0.3 is 0 Å². The van der Waals surface area contributed by atoms with Crippen molar-refractivity contribution in [2.24, 2.45) is 0 Å². The Hall–Kier alpha value is -4.76. The fourth-order valence-corrected chi connectivity index (χ4v) is 3.97. The number of carbonyl (C=O) groups is 1. The second-order valence-corrected chi connectivity index (χ2v) is 8.74. The Morgan fingerprint density at radius 2 is 1.63 bits per heavy atom. The van der Waals surface area contributed by atoms with Crippen molar-refractivity contribution in [3.63, 3.8) is 0 Å². The highest BCUT2D eigenvalue weighted by atomic mass is 32.1. The van der Waals surface area contributed by atoms with Crippen LogP contribution in [0.5, 0.6) is 11.5 Å². The summed E-state index contributed by atoms with van der Waals surface area (Å²) < 4.78 is 11.3. The maximum atomic E-state index is 12.8. The van der Waals surface area contributed by atoms with E-state index in [1.807, 2.05) is 85.8 Å². The van der Waals surface area contributed by atoms with Crippen molar-refractivity contribution in [2.45, 2.75) is 13.5 Å². The van der Waals surface area contributed by atoms with E-state index in [1.54, 1.807) is 23.0 Å². The number of nitrogens with zero attached hydrogens (tertiary/aromatic N) is 3. The summed E-state index contributed by atoms with van der Waals surface area (Å²) in [6, 6.07) is 29.9. The van der Waals surface area contributed by atoms with Crippen LogP contribution in [-0.4, -0.2) is 32.6 Å². The van der Waals surface area contributed by atoms with Gasteiger partial charge in [-0.3, -0.25) is 10.1 Å². The largest absolute Gasteiger partial charge is 0.494 e. The Balaban J connectivity index is 1.20. The predicted octanol–water partition coefficient (Wildman–Crippen LogP) is 5.53. The molecule has 0 spiro atoms. The molecule has 190 valence electrons. The van der Waals surface area contributed by atoms with Crippen LogP contribution in [0.25, 0.3) is 16.7 Å². The van der Waals surface area contributed by atoms with Gasteiger partial charge in [0.1, 0.15) is 29.1 Å². The molecule has 0 saturated carbocycles. The summed E-state index contributed by atoms with van der Waals surface area (Å²) >= 11 is 5.37. The van der Waals surface area contributed by atoms with Gasteiger partial charge in [-0.25, -0.2) is 0 Å². The first-order chi connectivity index (χ1) is 18.6. The number of aromatic nitrogens is 3. The lowest BCUT2D eigenvalue weighted by Crippen LogP contribution is -2.34. The van der Waals surface area contributed by atoms with Crippen LogP contribution in [-0.2, 0) is 6.61 Å².